The molecule has 138 valence electrons. The van der Waals surface area contributed by atoms with Crippen LogP contribution in [0.15, 0.2) is 42.7 Å². The summed E-state index contributed by atoms with van der Waals surface area (Å²) in [5, 5.41) is 3.08. The first-order valence-corrected chi connectivity index (χ1v) is 8.72. The molecule has 6 nitrogen and oxygen atoms in total. The molecule has 0 aliphatic carbocycles. The molecule has 1 amide bonds. The molecule has 1 aliphatic heterocycles. The molecule has 2 atom stereocenters. The quantitative estimate of drug-likeness (QED) is 0.845. The number of benzene rings is 1. The minimum absolute atomic E-state index is 0.0273. The molecule has 3 rings (SSSR count). The van der Waals surface area contributed by atoms with E-state index in [2.05, 4.69) is 25.1 Å². The number of hydrogen-bond donors (Lipinski definition) is 1. The maximum atomic E-state index is 13.8. The Balaban J connectivity index is 1.67. The maximum absolute atomic E-state index is 13.8. The molecule has 1 aromatic heterocycles. The Labute approximate surface area is 153 Å². The zero-order valence-corrected chi connectivity index (χ0v) is 15.1. The molecule has 1 fully saturated rings. The van der Waals surface area contributed by atoms with Gasteiger partial charge >= 0.3 is 0 Å². The number of carbonyl (C=O) groups excluding carboxylic acids is 1. The van der Waals surface area contributed by atoms with Gasteiger partial charge in [-0.25, -0.2) is 14.4 Å². The predicted octanol–water partition coefficient (Wildman–Crippen LogP) is 1.34. The van der Waals surface area contributed by atoms with Gasteiger partial charge in [-0.3, -0.25) is 4.79 Å². The zero-order valence-electron chi connectivity index (χ0n) is 15.1. The fourth-order valence-electron chi connectivity index (χ4n) is 3.38. The number of rotatable bonds is 6. The molecule has 0 radical (unpaired) electrons. The molecule has 1 N–H and O–H groups in total. The Bertz CT molecular complexity index is 740. The van der Waals surface area contributed by atoms with Crippen molar-refractivity contribution in [3.63, 3.8) is 0 Å². The van der Waals surface area contributed by atoms with E-state index in [1.165, 1.54) is 6.07 Å². The summed E-state index contributed by atoms with van der Waals surface area (Å²) >= 11 is 0. The second kappa shape index (κ2) is 8.23. The second-order valence-electron chi connectivity index (χ2n) is 6.92. The highest BCUT2D eigenvalue weighted by Gasteiger charge is 2.35. The predicted molar refractivity (Wildman–Crippen MR) is 98.3 cm³/mol. The summed E-state index contributed by atoms with van der Waals surface area (Å²) in [6.45, 7) is 2.26. The van der Waals surface area contributed by atoms with Crippen molar-refractivity contribution in [3.05, 3.63) is 54.1 Å². The standard InChI is InChI=1S/C19H24FN5O/c1-24(2)11-15-12-25(19-21-8-5-9-22-19)13-17(15)23-18(26)10-14-6-3-4-7-16(14)20/h3-9,15,17H,10-13H2,1-2H3,(H,23,26)/t15-,17-/m1/s1. The van der Waals surface area contributed by atoms with Crippen molar-refractivity contribution in [3.8, 4) is 0 Å². The van der Waals surface area contributed by atoms with Crippen LogP contribution in [0.25, 0.3) is 0 Å². The maximum Gasteiger partial charge on any atom is 0.225 e. The van der Waals surface area contributed by atoms with Crippen LogP contribution in [0.3, 0.4) is 0 Å². The lowest BCUT2D eigenvalue weighted by molar-refractivity contribution is -0.121. The SMILES string of the molecule is CN(C)C[C@@H]1CN(c2ncccn2)C[C@H]1NC(=O)Cc1ccccc1F. The van der Waals surface area contributed by atoms with Crippen LogP contribution < -0.4 is 10.2 Å². The van der Waals surface area contributed by atoms with E-state index in [-0.39, 0.29) is 30.1 Å². The van der Waals surface area contributed by atoms with Gasteiger partial charge in [0, 0.05) is 37.9 Å². The van der Waals surface area contributed by atoms with Crippen LogP contribution in [0, 0.1) is 11.7 Å². The summed E-state index contributed by atoms with van der Waals surface area (Å²) in [5.74, 6) is 0.401. The van der Waals surface area contributed by atoms with Crippen molar-refractivity contribution in [2.75, 3.05) is 38.6 Å². The Morgan fingerprint density at radius 2 is 1.96 bits per heavy atom. The number of aromatic nitrogens is 2. The van der Waals surface area contributed by atoms with Gasteiger partial charge in [0.25, 0.3) is 0 Å². The summed E-state index contributed by atoms with van der Waals surface area (Å²) in [6.07, 6.45) is 3.47. The summed E-state index contributed by atoms with van der Waals surface area (Å²) in [4.78, 5) is 25.3. The summed E-state index contributed by atoms with van der Waals surface area (Å²) < 4.78 is 13.8. The van der Waals surface area contributed by atoms with E-state index in [9.17, 15) is 9.18 Å². The number of anilines is 1. The molecule has 26 heavy (non-hydrogen) atoms. The Kier molecular flexibility index (Phi) is 5.78. The Morgan fingerprint density at radius 3 is 2.65 bits per heavy atom. The lowest BCUT2D eigenvalue weighted by atomic mass is 10.0. The molecule has 0 spiro atoms. The number of halogens is 1. The molecule has 1 aliphatic rings. The normalized spacial score (nSPS) is 19.8. The summed E-state index contributed by atoms with van der Waals surface area (Å²) in [5.41, 5.74) is 0.412. The van der Waals surface area contributed by atoms with Gasteiger partial charge in [-0.2, -0.15) is 0 Å². The molecule has 1 aromatic carbocycles. The number of hydrogen-bond acceptors (Lipinski definition) is 5. The molecule has 0 unspecified atom stereocenters. The third kappa shape index (κ3) is 4.54. The van der Waals surface area contributed by atoms with Crippen molar-refractivity contribution >= 4 is 11.9 Å². The highest BCUT2D eigenvalue weighted by molar-refractivity contribution is 5.79. The number of nitrogens with zero attached hydrogens (tertiary/aromatic N) is 4. The van der Waals surface area contributed by atoms with Crippen LogP contribution in [0.5, 0.6) is 0 Å². The van der Waals surface area contributed by atoms with Gasteiger partial charge in [-0.05, 0) is 31.8 Å². The molecule has 2 heterocycles. The van der Waals surface area contributed by atoms with Crippen molar-refractivity contribution < 1.29 is 9.18 Å². The van der Waals surface area contributed by atoms with Gasteiger partial charge in [-0.1, -0.05) is 18.2 Å². The smallest absolute Gasteiger partial charge is 0.225 e. The summed E-state index contributed by atoms with van der Waals surface area (Å²) in [7, 11) is 4.03. The molecule has 0 bridgehead atoms. The van der Waals surface area contributed by atoms with Crippen molar-refractivity contribution in [1.82, 2.24) is 20.2 Å². The number of nitrogens with one attached hydrogen (secondary N) is 1. The average molecular weight is 357 g/mol. The Hall–Kier alpha value is -2.54. The first-order chi connectivity index (χ1) is 12.5. The monoisotopic (exact) mass is 357 g/mol. The molecule has 1 saturated heterocycles. The molecule has 0 saturated carbocycles. The lowest BCUT2D eigenvalue weighted by Crippen LogP contribution is -2.44. The third-order valence-corrected chi connectivity index (χ3v) is 4.53. The first-order valence-electron chi connectivity index (χ1n) is 8.72. The molecular formula is C19H24FN5O. The number of amides is 1. The van der Waals surface area contributed by atoms with E-state index in [4.69, 9.17) is 0 Å². The van der Waals surface area contributed by atoms with Gasteiger partial charge in [0.15, 0.2) is 0 Å². The summed E-state index contributed by atoms with van der Waals surface area (Å²) in [6, 6.07) is 8.14. The average Bonchev–Trinajstić information content (AvgIpc) is 2.99. The molecule has 2 aromatic rings. The number of carbonyl (C=O) groups is 1. The van der Waals surface area contributed by atoms with Crippen LogP contribution >= 0.6 is 0 Å². The highest BCUT2D eigenvalue weighted by atomic mass is 19.1. The molecular weight excluding hydrogens is 333 g/mol. The van der Waals surface area contributed by atoms with E-state index in [1.807, 2.05) is 14.1 Å². The van der Waals surface area contributed by atoms with Crippen LogP contribution in [0.4, 0.5) is 10.3 Å². The van der Waals surface area contributed by atoms with Gasteiger partial charge < -0.3 is 15.1 Å². The van der Waals surface area contributed by atoms with Gasteiger partial charge in [-0.15, -0.1) is 0 Å². The fourth-order valence-corrected chi connectivity index (χ4v) is 3.38. The Morgan fingerprint density at radius 1 is 1.23 bits per heavy atom. The largest absolute Gasteiger partial charge is 0.351 e. The van der Waals surface area contributed by atoms with E-state index in [1.54, 1.807) is 36.7 Å². The van der Waals surface area contributed by atoms with Crippen LogP contribution in [0.1, 0.15) is 5.56 Å². The van der Waals surface area contributed by atoms with Crippen molar-refractivity contribution in [1.29, 1.82) is 0 Å². The van der Waals surface area contributed by atoms with Gasteiger partial charge in [0.2, 0.25) is 11.9 Å². The van der Waals surface area contributed by atoms with E-state index in [0.717, 1.165) is 13.1 Å². The minimum atomic E-state index is -0.349. The van der Waals surface area contributed by atoms with Crippen LogP contribution in [-0.2, 0) is 11.2 Å². The molecule has 7 heteroatoms. The van der Waals surface area contributed by atoms with Crippen molar-refractivity contribution in [2.45, 2.75) is 12.5 Å². The fraction of sp³-hybridized carbons (Fsp3) is 0.421. The third-order valence-electron chi connectivity index (χ3n) is 4.53. The van der Waals surface area contributed by atoms with E-state index in [0.29, 0.717) is 18.1 Å². The highest BCUT2D eigenvalue weighted by Crippen LogP contribution is 2.22. The van der Waals surface area contributed by atoms with Gasteiger partial charge in [0.1, 0.15) is 5.82 Å². The van der Waals surface area contributed by atoms with Crippen LogP contribution in [0.2, 0.25) is 0 Å². The second-order valence-corrected chi connectivity index (χ2v) is 6.92. The van der Waals surface area contributed by atoms with Crippen LogP contribution in [-0.4, -0.2) is 60.5 Å². The lowest BCUT2D eigenvalue weighted by Gasteiger charge is -2.22. The minimum Gasteiger partial charge on any atom is -0.351 e. The van der Waals surface area contributed by atoms with E-state index >= 15 is 0 Å². The first kappa shape index (κ1) is 18.3. The van der Waals surface area contributed by atoms with E-state index < -0.39 is 0 Å². The topological polar surface area (TPSA) is 61.4 Å². The van der Waals surface area contributed by atoms with Gasteiger partial charge in [0.05, 0.1) is 12.5 Å². The van der Waals surface area contributed by atoms with Crippen molar-refractivity contribution in [2.24, 2.45) is 5.92 Å². The zero-order chi connectivity index (χ0) is 18.5.